The van der Waals surface area contributed by atoms with Crippen LogP contribution in [0, 0.1) is 17.2 Å². The summed E-state index contributed by atoms with van der Waals surface area (Å²) >= 11 is 5.97. The highest BCUT2D eigenvalue weighted by molar-refractivity contribution is 7.89. The highest BCUT2D eigenvalue weighted by Crippen LogP contribution is 2.37. The molecule has 0 bridgehead atoms. The maximum absolute atomic E-state index is 12.9. The van der Waals surface area contributed by atoms with Crippen LogP contribution < -0.4 is 5.32 Å². The summed E-state index contributed by atoms with van der Waals surface area (Å²) in [6.45, 7) is 3.51. The molecule has 3 rings (SSSR count). The number of nitriles is 1. The molecule has 2 aliphatic rings. The van der Waals surface area contributed by atoms with Crippen molar-refractivity contribution in [2.75, 3.05) is 13.1 Å². The van der Waals surface area contributed by atoms with Gasteiger partial charge in [0.05, 0.1) is 15.5 Å². The van der Waals surface area contributed by atoms with E-state index in [0.717, 1.165) is 13.0 Å². The molecule has 1 aromatic carbocycles. The number of hydrogen-bond acceptors (Lipinski definition) is 4. The summed E-state index contributed by atoms with van der Waals surface area (Å²) in [5.74, 6) is 0.378. The lowest BCUT2D eigenvalue weighted by atomic mass is 10.0. The summed E-state index contributed by atoms with van der Waals surface area (Å²) in [5.41, 5.74) is 0.283. The van der Waals surface area contributed by atoms with Crippen molar-refractivity contribution in [3.63, 3.8) is 0 Å². The Morgan fingerprint density at radius 3 is 2.86 bits per heavy atom. The second-order valence-electron chi connectivity index (χ2n) is 5.66. The van der Waals surface area contributed by atoms with E-state index < -0.39 is 10.0 Å². The van der Waals surface area contributed by atoms with Crippen molar-refractivity contribution in [2.24, 2.45) is 5.92 Å². The molecule has 2 saturated heterocycles. The van der Waals surface area contributed by atoms with E-state index in [1.165, 1.54) is 18.2 Å². The summed E-state index contributed by atoms with van der Waals surface area (Å²) < 4.78 is 27.4. The van der Waals surface area contributed by atoms with Gasteiger partial charge in [-0.3, -0.25) is 0 Å². The van der Waals surface area contributed by atoms with Gasteiger partial charge in [0, 0.05) is 18.6 Å². The van der Waals surface area contributed by atoms with Crippen LogP contribution in [0.25, 0.3) is 0 Å². The topological polar surface area (TPSA) is 73.2 Å². The fraction of sp³-hybridized carbons (Fsp3) is 0.500. The third kappa shape index (κ3) is 2.34. The molecule has 3 unspecified atom stereocenters. The second-order valence-corrected chi connectivity index (χ2v) is 7.91. The average molecular weight is 326 g/mol. The van der Waals surface area contributed by atoms with Crippen LogP contribution in [0.1, 0.15) is 18.9 Å². The molecule has 21 heavy (non-hydrogen) atoms. The Morgan fingerprint density at radius 2 is 2.19 bits per heavy atom. The van der Waals surface area contributed by atoms with E-state index >= 15 is 0 Å². The highest BCUT2D eigenvalue weighted by atomic mass is 35.5. The van der Waals surface area contributed by atoms with Crippen LogP contribution in [-0.4, -0.2) is 37.9 Å². The van der Waals surface area contributed by atoms with Crippen molar-refractivity contribution in [3.8, 4) is 6.07 Å². The first-order valence-electron chi connectivity index (χ1n) is 6.89. The molecule has 2 aliphatic heterocycles. The summed E-state index contributed by atoms with van der Waals surface area (Å²) in [6, 6.07) is 6.23. The van der Waals surface area contributed by atoms with Crippen LogP contribution in [0.5, 0.6) is 0 Å². The summed E-state index contributed by atoms with van der Waals surface area (Å²) in [5, 5.41) is 12.3. The van der Waals surface area contributed by atoms with Gasteiger partial charge in [0.2, 0.25) is 10.0 Å². The molecule has 0 aliphatic carbocycles. The lowest BCUT2D eigenvalue weighted by molar-refractivity contribution is 0.336. The SMILES string of the molecule is CC1CC2CNCC2N1S(=O)(=O)c1ccc(C#N)c(Cl)c1. The number of halogens is 1. The van der Waals surface area contributed by atoms with Crippen molar-refractivity contribution >= 4 is 21.6 Å². The Bertz CT molecular complexity index is 713. The number of sulfonamides is 1. The maximum Gasteiger partial charge on any atom is 0.243 e. The predicted octanol–water partition coefficient (Wildman–Crippen LogP) is 1.58. The molecule has 1 aromatic rings. The molecular formula is C14H16ClN3O2S. The first-order valence-corrected chi connectivity index (χ1v) is 8.71. The number of rotatable bonds is 2. The smallest absolute Gasteiger partial charge is 0.243 e. The van der Waals surface area contributed by atoms with Crippen LogP contribution in [0.3, 0.4) is 0 Å². The molecular weight excluding hydrogens is 310 g/mol. The van der Waals surface area contributed by atoms with Crippen LogP contribution in [-0.2, 0) is 10.0 Å². The van der Waals surface area contributed by atoms with E-state index in [2.05, 4.69) is 5.32 Å². The minimum absolute atomic E-state index is 0.0125. The predicted molar refractivity (Wildman–Crippen MR) is 79.4 cm³/mol. The molecule has 0 spiro atoms. The fourth-order valence-corrected chi connectivity index (χ4v) is 5.61. The number of benzene rings is 1. The summed E-state index contributed by atoms with van der Waals surface area (Å²) in [7, 11) is -3.59. The van der Waals surface area contributed by atoms with Crippen LogP contribution in [0.4, 0.5) is 0 Å². The Balaban J connectivity index is 2.00. The molecule has 5 nitrogen and oxygen atoms in total. The fourth-order valence-electron chi connectivity index (χ4n) is 3.41. The molecule has 0 amide bonds. The average Bonchev–Trinajstić information content (AvgIpc) is 2.97. The van der Waals surface area contributed by atoms with Gasteiger partial charge in [0.25, 0.3) is 0 Å². The zero-order valence-corrected chi connectivity index (χ0v) is 13.2. The Morgan fingerprint density at radius 1 is 1.43 bits per heavy atom. The van der Waals surface area contributed by atoms with Crippen LogP contribution >= 0.6 is 11.6 Å². The molecule has 0 saturated carbocycles. The van der Waals surface area contributed by atoms with E-state index in [0.29, 0.717) is 12.5 Å². The molecule has 0 radical (unpaired) electrons. The van der Waals surface area contributed by atoms with Gasteiger partial charge < -0.3 is 5.32 Å². The molecule has 2 fully saturated rings. The molecule has 112 valence electrons. The minimum Gasteiger partial charge on any atom is -0.315 e. The number of hydrogen-bond donors (Lipinski definition) is 1. The van der Waals surface area contributed by atoms with E-state index in [1.54, 1.807) is 4.31 Å². The summed E-state index contributed by atoms with van der Waals surface area (Å²) in [6.07, 6.45) is 0.876. The largest absolute Gasteiger partial charge is 0.315 e. The van der Waals surface area contributed by atoms with Crippen molar-refractivity contribution in [3.05, 3.63) is 28.8 Å². The van der Waals surface area contributed by atoms with E-state index in [4.69, 9.17) is 16.9 Å². The van der Waals surface area contributed by atoms with E-state index in [1.807, 2.05) is 13.0 Å². The van der Waals surface area contributed by atoms with Gasteiger partial charge >= 0.3 is 0 Å². The summed E-state index contributed by atoms with van der Waals surface area (Å²) in [4.78, 5) is 0.158. The lowest BCUT2D eigenvalue weighted by Gasteiger charge is -2.26. The molecule has 0 aromatic heterocycles. The van der Waals surface area contributed by atoms with Crippen molar-refractivity contribution in [1.29, 1.82) is 5.26 Å². The van der Waals surface area contributed by atoms with Crippen molar-refractivity contribution in [1.82, 2.24) is 9.62 Å². The van der Waals surface area contributed by atoms with E-state index in [9.17, 15) is 8.42 Å². The van der Waals surface area contributed by atoms with Gasteiger partial charge in [-0.25, -0.2) is 8.42 Å². The third-order valence-corrected chi connectivity index (χ3v) is 6.69. The monoisotopic (exact) mass is 325 g/mol. The Hall–Kier alpha value is -1.13. The quantitative estimate of drug-likeness (QED) is 0.896. The maximum atomic E-state index is 12.9. The Labute approximate surface area is 129 Å². The minimum atomic E-state index is -3.59. The first kappa shape index (κ1) is 14.8. The normalized spacial score (nSPS) is 29.3. The van der Waals surface area contributed by atoms with Gasteiger partial charge in [0.1, 0.15) is 6.07 Å². The zero-order valence-electron chi connectivity index (χ0n) is 11.6. The van der Waals surface area contributed by atoms with Crippen LogP contribution in [0.2, 0.25) is 5.02 Å². The molecule has 7 heteroatoms. The molecule has 3 atom stereocenters. The van der Waals surface area contributed by atoms with Gasteiger partial charge in [0.15, 0.2) is 0 Å². The Kier molecular flexibility index (Phi) is 3.70. The van der Waals surface area contributed by atoms with Crippen molar-refractivity contribution < 1.29 is 8.42 Å². The third-order valence-electron chi connectivity index (χ3n) is 4.35. The van der Waals surface area contributed by atoms with Crippen LogP contribution in [0.15, 0.2) is 23.1 Å². The van der Waals surface area contributed by atoms with E-state index in [-0.39, 0.29) is 27.6 Å². The van der Waals surface area contributed by atoms with Gasteiger partial charge in [-0.05, 0) is 44.0 Å². The van der Waals surface area contributed by atoms with Crippen molar-refractivity contribution in [2.45, 2.75) is 30.3 Å². The van der Waals surface area contributed by atoms with Gasteiger partial charge in [-0.1, -0.05) is 11.6 Å². The number of nitrogens with zero attached hydrogens (tertiary/aromatic N) is 2. The highest BCUT2D eigenvalue weighted by Gasteiger charge is 2.47. The van der Waals surface area contributed by atoms with Gasteiger partial charge in [-0.2, -0.15) is 9.57 Å². The zero-order chi connectivity index (χ0) is 15.2. The number of fused-ring (bicyclic) bond motifs is 1. The lowest BCUT2D eigenvalue weighted by Crippen LogP contribution is -2.42. The molecule has 1 N–H and O–H groups in total. The standard InChI is InChI=1S/C14H16ClN3O2S/c1-9-4-11-7-17-8-14(11)18(9)21(19,20)12-3-2-10(6-16)13(15)5-12/h2-3,5,9,11,14,17H,4,7-8H2,1H3. The molecule has 2 heterocycles. The number of nitrogens with one attached hydrogen (secondary N) is 1. The second kappa shape index (κ2) is 5.25. The van der Waals surface area contributed by atoms with Gasteiger partial charge in [-0.15, -0.1) is 0 Å². The first-order chi connectivity index (χ1) is 9.95.